The second-order valence-electron chi connectivity index (χ2n) is 3.93. The Morgan fingerprint density at radius 3 is 2.57 bits per heavy atom. The third kappa shape index (κ3) is 3.24. The van der Waals surface area contributed by atoms with Crippen LogP contribution in [0.3, 0.4) is 0 Å². The Hall–Kier alpha value is -2.72. The Morgan fingerprint density at radius 2 is 2.00 bits per heavy atom. The predicted octanol–water partition coefficient (Wildman–Crippen LogP) is 1.08. The number of hydrazine groups is 1. The molecule has 0 aliphatic rings. The molecule has 0 fully saturated rings. The van der Waals surface area contributed by atoms with Gasteiger partial charge in [0.2, 0.25) is 0 Å². The number of hydrogen-bond acceptors (Lipinski definition) is 7. The molecule has 110 valence electrons. The van der Waals surface area contributed by atoms with E-state index in [1.54, 1.807) is 0 Å². The SMILES string of the molecule is NNc1ccc([N+](=O)[O-])c(S(=O)(=O)Nc2cccnc2)c1. The molecule has 0 atom stereocenters. The van der Waals surface area contributed by atoms with Gasteiger partial charge in [0.15, 0.2) is 4.90 Å². The number of nitrogens with zero attached hydrogens (tertiary/aromatic N) is 2. The van der Waals surface area contributed by atoms with Crippen molar-refractivity contribution in [1.82, 2.24) is 4.98 Å². The Kier molecular flexibility index (Phi) is 4.00. The van der Waals surface area contributed by atoms with Crippen LogP contribution in [0.25, 0.3) is 0 Å². The normalized spacial score (nSPS) is 10.9. The minimum Gasteiger partial charge on any atom is -0.324 e. The molecule has 0 spiro atoms. The van der Waals surface area contributed by atoms with Crippen molar-refractivity contribution in [2.75, 3.05) is 10.1 Å². The number of anilines is 2. The van der Waals surface area contributed by atoms with Crippen LogP contribution in [0.5, 0.6) is 0 Å². The van der Waals surface area contributed by atoms with Gasteiger partial charge in [0, 0.05) is 12.3 Å². The third-order valence-corrected chi connectivity index (χ3v) is 3.94. The molecule has 10 heteroatoms. The highest BCUT2D eigenvalue weighted by atomic mass is 32.2. The van der Waals surface area contributed by atoms with E-state index in [0.717, 1.165) is 12.1 Å². The number of benzene rings is 1. The Labute approximate surface area is 120 Å². The molecule has 0 saturated heterocycles. The van der Waals surface area contributed by atoms with Crippen LogP contribution in [0.2, 0.25) is 0 Å². The number of aromatic nitrogens is 1. The minimum absolute atomic E-state index is 0.193. The summed E-state index contributed by atoms with van der Waals surface area (Å²) in [6.07, 6.45) is 2.76. The number of sulfonamides is 1. The van der Waals surface area contributed by atoms with E-state index in [1.807, 2.05) is 0 Å². The molecule has 9 nitrogen and oxygen atoms in total. The van der Waals surface area contributed by atoms with Crippen molar-refractivity contribution in [3.05, 3.63) is 52.8 Å². The van der Waals surface area contributed by atoms with Gasteiger partial charge in [-0.2, -0.15) is 0 Å². The van der Waals surface area contributed by atoms with Gasteiger partial charge in [-0.1, -0.05) is 0 Å². The molecule has 1 aromatic carbocycles. The number of pyridine rings is 1. The highest BCUT2D eigenvalue weighted by Crippen LogP contribution is 2.28. The fraction of sp³-hybridized carbons (Fsp3) is 0. The first-order valence-corrected chi connectivity index (χ1v) is 7.10. The number of nitrogen functional groups attached to an aromatic ring is 1. The van der Waals surface area contributed by atoms with Crippen molar-refractivity contribution < 1.29 is 13.3 Å². The van der Waals surface area contributed by atoms with E-state index in [4.69, 9.17) is 5.84 Å². The quantitative estimate of drug-likeness (QED) is 0.426. The van der Waals surface area contributed by atoms with Crippen LogP contribution in [0.15, 0.2) is 47.6 Å². The van der Waals surface area contributed by atoms with Crippen LogP contribution in [0.1, 0.15) is 0 Å². The number of nitro benzene ring substituents is 1. The molecule has 2 rings (SSSR count). The second-order valence-corrected chi connectivity index (χ2v) is 5.58. The fourth-order valence-electron chi connectivity index (χ4n) is 1.60. The smallest absolute Gasteiger partial charge is 0.290 e. The molecule has 4 N–H and O–H groups in total. The molecule has 0 amide bonds. The van der Waals surface area contributed by atoms with Crippen molar-refractivity contribution in [3.8, 4) is 0 Å². The van der Waals surface area contributed by atoms with Crippen LogP contribution in [-0.2, 0) is 10.0 Å². The first kappa shape index (κ1) is 14.7. The number of nitrogens with one attached hydrogen (secondary N) is 2. The average molecular weight is 309 g/mol. The van der Waals surface area contributed by atoms with Gasteiger partial charge < -0.3 is 5.43 Å². The number of hydrogen-bond donors (Lipinski definition) is 3. The number of rotatable bonds is 5. The van der Waals surface area contributed by atoms with Gasteiger partial charge >= 0.3 is 0 Å². The molecule has 0 aliphatic carbocycles. The predicted molar refractivity (Wildman–Crippen MR) is 76.0 cm³/mol. The lowest BCUT2D eigenvalue weighted by atomic mass is 10.3. The Balaban J connectivity index is 2.50. The summed E-state index contributed by atoms with van der Waals surface area (Å²) in [5.41, 5.74) is 2.11. The van der Waals surface area contributed by atoms with E-state index in [0.29, 0.717) is 0 Å². The lowest BCUT2D eigenvalue weighted by molar-refractivity contribution is -0.387. The maximum atomic E-state index is 12.3. The van der Waals surface area contributed by atoms with Gasteiger partial charge in [0.1, 0.15) is 0 Å². The standard InChI is InChI=1S/C11H11N5O4S/c12-14-8-3-4-10(16(17)18)11(6-8)21(19,20)15-9-2-1-5-13-7-9/h1-7,14-15H,12H2. The summed E-state index contributed by atoms with van der Waals surface area (Å²) in [4.78, 5) is 13.5. The monoisotopic (exact) mass is 309 g/mol. The van der Waals surface area contributed by atoms with Gasteiger partial charge in [0.25, 0.3) is 15.7 Å². The van der Waals surface area contributed by atoms with E-state index in [2.05, 4.69) is 15.1 Å². The second kappa shape index (κ2) is 5.73. The molecule has 21 heavy (non-hydrogen) atoms. The van der Waals surface area contributed by atoms with Gasteiger partial charge in [-0.15, -0.1) is 0 Å². The molecule has 0 aliphatic heterocycles. The van der Waals surface area contributed by atoms with Crippen molar-refractivity contribution in [3.63, 3.8) is 0 Å². The summed E-state index contributed by atoms with van der Waals surface area (Å²) >= 11 is 0. The van der Waals surface area contributed by atoms with Crippen LogP contribution >= 0.6 is 0 Å². The largest absolute Gasteiger partial charge is 0.324 e. The molecule has 1 aromatic heterocycles. The lowest BCUT2D eigenvalue weighted by Gasteiger charge is -2.09. The van der Waals surface area contributed by atoms with E-state index in [-0.39, 0.29) is 11.4 Å². The highest BCUT2D eigenvalue weighted by molar-refractivity contribution is 7.92. The lowest BCUT2D eigenvalue weighted by Crippen LogP contribution is -2.16. The van der Waals surface area contributed by atoms with E-state index >= 15 is 0 Å². The molecular weight excluding hydrogens is 298 g/mol. The molecular formula is C11H11N5O4S. The van der Waals surface area contributed by atoms with Gasteiger partial charge in [0.05, 0.1) is 22.5 Å². The summed E-state index contributed by atoms with van der Waals surface area (Å²) in [7, 11) is -4.15. The summed E-state index contributed by atoms with van der Waals surface area (Å²) in [5, 5.41) is 11.0. The minimum atomic E-state index is -4.15. The zero-order valence-electron chi connectivity index (χ0n) is 10.6. The maximum absolute atomic E-state index is 12.3. The van der Waals surface area contributed by atoms with E-state index in [9.17, 15) is 18.5 Å². The van der Waals surface area contributed by atoms with E-state index < -0.39 is 25.5 Å². The molecule has 2 aromatic rings. The fourth-order valence-corrected chi connectivity index (χ4v) is 2.84. The van der Waals surface area contributed by atoms with Crippen molar-refractivity contribution in [2.45, 2.75) is 4.90 Å². The summed E-state index contributed by atoms with van der Waals surface area (Å²) in [6, 6.07) is 6.45. The number of nitrogens with two attached hydrogens (primary N) is 1. The Morgan fingerprint density at radius 1 is 1.24 bits per heavy atom. The van der Waals surface area contributed by atoms with E-state index in [1.165, 1.54) is 30.6 Å². The van der Waals surface area contributed by atoms with Gasteiger partial charge in [-0.05, 0) is 24.3 Å². The maximum Gasteiger partial charge on any atom is 0.290 e. The van der Waals surface area contributed by atoms with Crippen LogP contribution in [-0.4, -0.2) is 18.3 Å². The van der Waals surface area contributed by atoms with Crippen molar-refractivity contribution in [2.24, 2.45) is 5.84 Å². The van der Waals surface area contributed by atoms with Gasteiger partial charge in [-0.3, -0.25) is 25.7 Å². The van der Waals surface area contributed by atoms with Crippen molar-refractivity contribution in [1.29, 1.82) is 0 Å². The summed E-state index contributed by atoms with van der Waals surface area (Å²) in [5.74, 6) is 5.20. The zero-order valence-corrected chi connectivity index (χ0v) is 11.4. The first-order chi connectivity index (χ1) is 9.94. The summed E-state index contributed by atoms with van der Waals surface area (Å²) < 4.78 is 26.8. The topological polar surface area (TPSA) is 140 Å². The van der Waals surface area contributed by atoms with Crippen LogP contribution in [0, 0.1) is 10.1 Å². The van der Waals surface area contributed by atoms with Crippen LogP contribution < -0.4 is 16.0 Å². The molecule has 0 unspecified atom stereocenters. The number of nitro groups is 1. The van der Waals surface area contributed by atoms with Crippen LogP contribution in [0.4, 0.5) is 17.1 Å². The highest BCUT2D eigenvalue weighted by Gasteiger charge is 2.26. The third-order valence-electron chi connectivity index (χ3n) is 2.53. The summed E-state index contributed by atoms with van der Waals surface area (Å²) in [6.45, 7) is 0. The molecule has 0 saturated carbocycles. The molecule has 0 radical (unpaired) electrons. The average Bonchev–Trinajstić information content (AvgIpc) is 2.47. The Bertz CT molecular complexity index is 763. The first-order valence-electron chi connectivity index (χ1n) is 5.62. The van der Waals surface area contributed by atoms with Gasteiger partial charge in [-0.25, -0.2) is 8.42 Å². The molecule has 0 bridgehead atoms. The zero-order chi connectivity index (χ0) is 15.5. The van der Waals surface area contributed by atoms with Crippen molar-refractivity contribution >= 4 is 27.1 Å². The molecule has 1 heterocycles.